The van der Waals surface area contributed by atoms with E-state index in [2.05, 4.69) is 47.8 Å². The molecular weight excluding hydrogens is 262 g/mol. The highest BCUT2D eigenvalue weighted by atomic mass is 16.5. The van der Waals surface area contributed by atoms with Gasteiger partial charge in [0.25, 0.3) is 0 Å². The van der Waals surface area contributed by atoms with Crippen molar-refractivity contribution in [3.8, 4) is 11.5 Å². The van der Waals surface area contributed by atoms with Crippen LogP contribution in [-0.4, -0.2) is 20.3 Å². The zero-order valence-electron chi connectivity index (χ0n) is 12.6. The number of nitrogens with one attached hydrogen (secondary N) is 1. The molecule has 0 aromatic heterocycles. The van der Waals surface area contributed by atoms with Crippen molar-refractivity contribution in [3.05, 3.63) is 59.2 Å². The van der Waals surface area contributed by atoms with Gasteiger partial charge in [0, 0.05) is 12.6 Å². The molecule has 2 aromatic rings. The Labute approximate surface area is 125 Å². The first-order valence-electron chi connectivity index (χ1n) is 7.31. The summed E-state index contributed by atoms with van der Waals surface area (Å²) in [5, 5.41) is 3.62. The average Bonchev–Trinajstić information content (AvgIpc) is 2.54. The average molecular weight is 283 g/mol. The first-order valence-corrected chi connectivity index (χ1v) is 7.31. The van der Waals surface area contributed by atoms with E-state index in [1.165, 1.54) is 16.7 Å². The molecule has 1 aliphatic heterocycles. The molecule has 1 aliphatic rings. The van der Waals surface area contributed by atoms with E-state index in [4.69, 9.17) is 9.47 Å². The molecule has 0 amide bonds. The second kappa shape index (κ2) is 6.19. The minimum Gasteiger partial charge on any atom is -0.493 e. The van der Waals surface area contributed by atoms with Gasteiger partial charge in [-0.25, -0.2) is 0 Å². The molecule has 0 aliphatic carbocycles. The summed E-state index contributed by atoms with van der Waals surface area (Å²) >= 11 is 0. The minimum absolute atomic E-state index is 0.470. The molecule has 110 valence electrons. The predicted molar refractivity (Wildman–Crippen MR) is 84.0 cm³/mol. The summed E-state index contributed by atoms with van der Waals surface area (Å²) in [5.74, 6) is 1.62. The number of hydrogen-bond donors (Lipinski definition) is 1. The Morgan fingerprint density at radius 1 is 1.00 bits per heavy atom. The molecule has 3 rings (SSSR count). The van der Waals surface area contributed by atoms with E-state index in [-0.39, 0.29) is 0 Å². The summed E-state index contributed by atoms with van der Waals surface area (Å²) in [5.41, 5.74) is 4.03. The molecular formula is C18H21NO2. The van der Waals surface area contributed by atoms with Gasteiger partial charge in [-0.3, -0.25) is 0 Å². The van der Waals surface area contributed by atoms with E-state index in [1.807, 2.05) is 0 Å². The van der Waals surface area contributed by atoms with Crippen LogP contribution in [-0.2, 0) is 19.4 Å². The molecule has 2 aromatic carbocycles. The third kappa shape index (κ3) is 3.03. The fourth-order valence-electron chi connectivity index (χ4n) is 2.95. The van der Waals surface area contributed by atoms with Crippen LogP contribution in [0.15, 0.2) is 42.5 Å². The molecule has 1 N–H and O–H groups in total. The highest BCUT2D eigenvalue weighted by molar-refractivity contribution is 5.48. The summed E-state index contributed by atoms with van der Waals surface area (Å²) in [6.45, 7) is 0.882. The lowest BCUT2D eigenvalue weighted by molar-refractivity contribution is 0.352. The number of methoxy groups -OCH3 is 2. The highest BCUT2D eigenvalue weighted by Gasteiger charge is 2.20. The van der Waals surface area contributed by atoms with Crippen LogP contribution in [0.4, 0.5) is 0 Å². The summed E-state index contributed by atoms with van der Waals surface area (Å²) in [6, 6.07) is 15.3. The Balaban J connectivity index is 1.78. The van der Waals surface area contributed by atoms with Gasteiger partial charge < -0.3 is 14.8 Å². The number of hydrogen-bond acceptors (Lipinski definition) is 3. The number of rotatable bonds is 4. The quantitative estimate of drug-likeness (QED) is 0.936. The third-order valence-electron chi connectivity index (χ3n) is 4.08. The Bertz CT molecular complexity index is 610. The molecule has 1 heterocycles. The molecule has 3 heteroatoms. The van der Waals surface area contributed by atoms with Gasteiger partial charge >= 0.3 is 0 Å². The van der Waals surface area contributed by atoms with E-state index in [0.717, 1.165) is 30.9 Å². The fraction of sp³-hybridized carbons (Fsp3) is 0.333. The normalized spacial score (nSPS) is 17.1. The highest BCUT2D eigenvalue weighted by Crippen LogP contribution is 2.32. The van der Waals surface area contributed by atoms with Crippen LogP contribution in [0.1, 0.15) is 16.7 Å². The predicted octanol–water partition coefficient (Wildman–Crippen LogP) is 2.96. The van der Waals surface area contributed by atoms with Crippen molar-refractivity contribution in [3.63, 3.8) is 0 Å². The maximum atomic E-state index is 5.41. The fourth-order valence-corrected chi connectivity index (χ4v) is 2.95. The Morgan fingerprint density at radius 2 is 1.67 bits per heavy atom. The van der Waals surface area contributed by atoms with Crippen LogP contribution >= 0.6 is 0 Å². The molecule has 21 heavy (non-hydrogen) atoms. The smallest absolute Gasteiger partial charge is 0.161 e. The van der Waals surface area contributed by atoms with E-state index in [9.17, 15) is 0 Å². The van der Waals surface area contributed by atoms with Gasteiger partial charge in [-0.05, 0) is 41.7 Å². The topological polar surface area (TPSA) is 30.5 Å². The molecule has 0 radical (unpaired) electrons. The van der Waals surface area contributed by atoms with Crippen LogP contribution in [0.2, 0.25) is 0 Å². The molecule has 1 atom stereocenters. The van der Waals surface area contributed by atoms with Crippen molar-refractivity contribution < 1.29 is 9.47 Å². The van der Waals surface area contributed by atoms with Crippen molar-refractivity contribution in [2.24, 2.45) is 0 Å². The monoisotopic (exact) mass is 283 g/mol. The minimum atomic E-state index is 0.470. The SMILES string of the molecule is COc1cc2c(cc1OC)CC(Cc1ccccc1)NC2. The van der Waals surface area contributed by atoms with Crippen LogP contribution in [0, 0.1) is 0 Å². The molecule has 0 saturated heterocycles. The lowest BCUT2D eigenvalue weighted by Crippen LogP contribution is -2.37. The maximum Gasteiger partial charge on any atom is 0.161 e. The van der Waals surface area contributed by atoms with Gasteiger partial charge in [0.15, 0.2) is 11.5 Å². The lowest BCUT2D eigenvalue weighted by Gasteiger charge is -2.27. The zero-order valence-corrected chi connectivity index (χ0v) is 12.6. The number of benzene rings is 2. The van der Waals surface area contributed by atoms with Crippen molar-refractivity contribution >= 4 is 0 Å². The van der Waals surface area contributed by atoms with Crippen molar-refractivity contribution in [2.75, 3.05) is 14.2 Å². The van der Waals surface area contributed by atoms with E-state index in [0.29, 0.717) is 6.04 Å². The van der Waals surface area contributed by atoms with Gasteiger partial charge in [-0.15, -0.1) is 0 Å². The molecule has 1 unspecified atom stereocenters. The van der Waals surface area contributed by atoms with Crippen LogP contribution < -0.4 is 14.8 Å². The Morgan fingerprint density at radius 3 is 2.33 bits per heavy atom. The lowest BCUT2D eigenvalue weighted by atomic mass is 9.91. The molecule has 0 spiro atoms. The van der Waals surface area contributed by atoms with E-state index in [1.54, 1.807) is 14.2 Å². The van der Waals surface area contributed by atoms with Gasteiger partial charge in [0.1, 0.15) is 0 Å². The second-order valence-corrected chi connectivity index (χ2v) is 5.45. The summed E-state index contributed by atoms with van der Waals surface area (Å²) < 4.78 is 10.8. The van der Waals surface area contributed by atoms with Gasteiger partial charge in [-0.2, -0.15) is 0 Å². The van der Waals surface area contributed by atoms with Crippen LogP contribution in [0.25, 0.3) is 0 Å². The standard InChI is InChI=1S/C18H21NO2/c1-20-17-10-14-9-16(8-13-6-4-3-5-7-13)19-12-15(14)11-18(17)21-2/h3-7,10-11,16,19H,8-9,12H2,1-2H3. The van der Waals surface area contributed by atoms with Gasteiger partial charge in [0.2, 0.25) is 0 Å². The maximum absolute atomic E-state index is 5.41. The molecule has 0 saturated carbocycles. The Kier molecular flexibility index (Phi) is 4.11. The first-order chi connectivity index (χ1) is 10.3. The van der Waals surface area contributed by atoms with Crippen molar-refractivity contribution in [2.45, 2.75) is 25.4 Å². The van der Waals surface area contributed by atoms with Crippen LogP contribution in [0.5, 0.6) is 11.5 Å². The third-order valence-corrected chi connectivity index (χ3v) is 4.08. The molecule has 0 bridgehead atoms. The molecule has 0 fully saturated rings. The van der Waals surface area contributed by atoms with E-state index >= 15 is 0 Å². The molecule has 3 nitrogen and oxygen atoms in total. The number of fused-ring (bicyclic) bond motifs is 1. The first kappa shape index (κ1) is 14.0. The second-order valence-electron chi connectivity index (χ2n) is 5.45. The van der Waals surface area contributed by atoms with E-state index < -0.39 is 0 Å². The van der Waals surface area contributed by atoms with Gasteiger partial charge in [-0.1, -0.05) is 30.3 Å². The van der Waals surface area contributed by atoms with Crippen molar-refractivity contribution in [1.82, 2.24) is 5.32 Å². The Hall–Kier alpha value is -2.00. The number of ether oxygens (including phenoxy) is 2. The largest absolute Gasteiger partial charge is 0.493 e. The van der Waals surface area contributed by atoms with Crippen molar-refractivity contribution in [1.29, 1.82) is 0 Å². The van der Waals surface area contributed by atoms with Gasteiger partial charge in [0.05, 0.1) is 14.2 Å². The summed E-state index contributed by atoms with van der Waals surface area (Å²) in [7, 11) is 3.37. The van der Waals surface area contributed by atoms with Crippen LogP contribution in [0.3, 0.4) is 0 Å². The summed E-state index contributed by atoms with van der Waals surface area (Å²) in [6.07, 6.45) is 2.07. The zero-order chi connectivity index (χ0) is 14.7. The summed E-state index contributed by atoms with van der Waals surface area (Å²) in [4.78, 5) is 0.